The summed E-state index contributed by atoms with van der Waals surface area (Å²) in [5.41, 5.74) is 5.05. The van der Waals surface area contributed by atoms with Crippen LogP contribution in [0.3, 0.4) is 0 Å². The van der Waals surface area contributed by atoms with E-state index in [1.807, 2.05) is 13.0 Å². The Kier molecular flexibility index (Phi) is 3.79. The smallest absolute Gasteiger partial charge is 0.142 e. The van der Waals surface area contributed by atoms with Crippen molar-refractivity contribution >= 4 is 27.6 Å². The van der Waals surface area contributed by atoms with E-state index in [9.17, 15) is 4.39 Å². The van der Waals surface area contributed by atoms with Crippen molar-refractivity contribution in [2.45, 2.75) is 6.92 Å². The molecule has 1 aliphatic rings. The van der Waals surface area contributed by atoms with Gasteiger partial charge in [-0.25, -0.2) is 14.4 Å². The topological polar surface area (TPSA) is 56.8 Å². The minimum Gasteiger partial charge on any atom is -0.369 e. The maximum absolute atomic E-state index is 14.5. The predicted molar refractivity (Wildman–Crippen MR) is 107 cm³/mol. The van der Waals surface area contributed by atoms with E-state index in [1.165, 1.54) is 18.1 Å². The van der Waals surface area contributed by atoms with Gasteiger partial charge in [-0.15, -0.1) is 0 Å². The van der Waals surface area contributed by atoms with Gasteiger partial charge < -0.3 is 15.2 Å². The summed E-state index contributed by atoms with van der Waals surface area (Å²) in [6.45, 7) is 5.92. The highest BCUT2D eigenvalue weighted by Gasteiger charge is 2.17. The number of aromatic nitrogens is 3. The van der Waals surface area contributed by atoms with Crippen molar-refractivity contribution in [3.63, 3.8) is 0 Å². The van der Waals surface area contributed by atoms with Gasteiger partial charge in [0.25, 0.3) is 0 Å². The highest BCUT2D eigenvalue weighted by atomic mass is 19.1. The Morgan fingerprint density at radius 2 is 1.89 bits per heavy atom. The first-order chi connectivity index (χ1) is 13.2. The zero-order chi connectivity index (χ0) is 18.4. The van der Waals surface area contributed by atoms with Crippen molar-refractivity contribution in [2.24, 2.45) is 0 Å². The van der Waals surface area contributed by atoms with E-state index in [0.717, 1.165) is 53.7 Å². The van der Waals surface area contributed by atoms with Crippen molar-refractivity contribution < 1.29 is 4.39 Å². The maximum atomic E-state index is 14.5. The van der Waals surface area contributed by atoms with Crippen LogP contribution in [-0.2, 0) is 0 Å². The van der Waals surface area contributed by atoms with Crippen molar-refractivity contribution in [2.75, 3.05) is 31.1 Å². The lowest BCUT2D eigenvalue weighted by Gasteiger charge is -2.29. The van der Waals surface area contributed by atoms with Gasteiger partial charge in [0.1, 0.15) is 17.8 Å². The molecule has 1 saturated heterocycles. The molecule has 2 aromatic heterocycles. The van der Waals surface area contributed by atoms with E-state index >= 15 is 0 Å². The summed E-state index contributed by atoms with van der Waals surface area (Å²) in [4.78, 5) is 14.6. The molecule has 5 rings (SSSR count). The van der Waals surface area contributed by atoms with Crippen LogP contribution in [0.25, 0.3) is 33.2 Å². The van der Waals surface area contributed by atoms with Crippen molar-refractivity contribution in [1.82, 2.24) is 20.3 Å². The lowest BCUT2D eigenvalue weighted by atomic mass is 10.0. The van der Waals surface area contributed by atoms with Crippen LogP contribution in [-0.4, -0.2) is 41.1 Å². The molecule has 5 nitrogen and oxygen atoms in total. The Bertz CT molecular complexity index is 1140. The van der Waals surface area contributed by atoms with Crippen molar-refractivity contribution in [3.8, 4) is 11.3 Å². The van der Waals surface area contributed by atoms with Gasteiger partial charge in [0.05, 0.1) is 11.1 Å². The van der Waals surface area contributed by atoms with E-state index < -0.39 is 0 Å². The van der Waals surface area contributed by atoms with Crippen LogP contribution in [0.2, 0.25) is 0 Å². The second-order valence-electron chi connectivity index (χ2n) is 7.02. The number of halogens is 1. The molecule has 6 heteroatoms. The number of aromatic amines is 1. The third-order valence-electron chi connectivity index (χ3n) is 5.23. The minimum absolute atomic E-state index is 0.271. The molecule has 0 atom stereocenters. The molecule has 1 aliphatic heterocycles. The molecule has 2 N–H and O–H groups in total. The fourth-order valence-corrected chi connectivity index (χ4v) is 3.86. The second-order valence-corrected chi connectivity index (χ2v) is 7.02. The number of hydrogen-bond acceptors (Lipinski definition) is 4. The Balaban J connectivity index is 1.71. The van der Waals surface area contributed by atoms with Crippen LogP contribution in [0, 0.1) is 12.7 Å². The predicted octanol–water partition coefficient (Wildman–Crippen LogP) is 3.64. The normalized spacial score (nSPS) is 15.0. The molecule has 136 valence electrons. The van der Waals surface area contributed by atoms with Gasteiger partial charge in [-0.2, -0.15) is 0 Å². The van der Waals surface area contributed by atoms with Gasteiger partial charge >= 0.3 is 0 Å². The minimum atomic E-state index is -0.271. The number of hydrogen-bond donors (Lipinski definition) is 2. The van der Waals surface area contributed by atoms with Crippen LogP contribution in [0.4, 0.5) is 10.1 Å². The van der Waals surface area contributed by atoms with Crippen molar-refractivity contribution in [1.29, 1.82) is 0 Å². The highest BCUT2D eigenvalue weighted by molar-refractivity contribution is 6.12. The third-order valence-corrected chi connectivity index (χ3v) is 5.23. The summed E-state index contributed by atoms with van der Waals surface area (Å²) >= 11 is 0. The number of nitrogens with one attached hydrogen (secondary N) is 2. The van der Waals surface area contributed by atoms with E-state index in [1.54, 1.807) is 6.07 Å². The lowest BCUT2D eigenvalue weighted by molar-refractivity contribution is 0.589. The molecule has 0 spiro atoms. The van der Waals surface area contributed by atoms with Gasteiger partial charge in [0.2, 0.25) is 0 Å². The Hall–Kier alpha value is -2.99. The molecule has 4 aromatic rings. The van der Waals surface area contributed by atoms with Crippen LogP contribution in [0.1, 0.15) is 5.56 Å². The average molecular weight is 361 g/mol. The molecular formula is C21H20FN5. The number of fused-ring (bicyclic) bond motifs is 3. The Morgan fingerprint density at radius 3 is 2.74 bits per heavy atom. The average Bonchev–Trinajstić information content (AvgIpc) is 3.08. The number of H-pyrrole nitrogens is 1. The number of rotatable bonds is 2. The summed E-state index contributed by atoms with van der Waals surface area (Å²) in [5.74, 6) is -0.271. The van der Waals surface area contributed by atoms with E-state index in [-0.39, 0.29) is 5.82 Å². The van der Waals surface area contributed by atoms with E-state index in [0.29, 0.717) is 11.3 Å². The van der Waals surface area contributed by atoms with Crippen molar-refractivity contribution in [3.05, 3.63) is 54.1 Å². The van der Waals surface area contributed by atoms with Gasteiger partial charge in [-0.1, -0.05) is 17.7 Å². The fourth-order valence-electron chi connectivity index (χ4n) is 3.86. The summed E-state index contributed by atoms with van der Waals surface area (Å²) in [6.07, 6.45) is 1.49. The van der Waals surface area contributed by atoms with Gasteiger partial charge in [-0.3, -0.25) is 0 Å². The van der Waals surface area contributed by atoms with Crippen LogP contribution in [0.5, 0.6) is 0 Å². The van der Waals surface area contributed by atoms with Gasteiger partial charge in [0.15, 0.2) is 0 Å². The van der Waals surface area contributed by atoms with E-state index in [2.05, 4.69) is 43.4 Å². The number of nitrogens with zero attached hydrogens (tertiary/aromatic N) is 3. The lowest BCUT2D eigenvalue weighted by Crippen LogP contribution is -2.43. The summed E-state index contributed by atoms with van der Waals surface area (Å²) in [7, 11) is 0. The molecule has 0 unspecified atom stereocenters. The number of aryl methyl sites for hydroxylation is 1. The standard InChI is InChI=1S/C21H20FN5/c1-13-2-5-17(22)16(10-13)20-19-15-4-3-14(27-8-6-23-7-9-27)11-18(15)26-21(19)25-12-24-20/h2-5,10-12,23H,6-9H2,1H3,(H,24,25,26). The fraction of sp³-hybridized carbons (Fsp3) is 0.238. The second kappa shape index (κ2) is 6.32. The largest absolute Gasteiger partial charge is 0.369 e. The summed E-state index contributed by atoms with van der Waals surface area (Å²) < 4.78 is 14.5. The highest BCUT2D eigenvalue weighted by Crippen LogP contribution is 2.35. The third kappa shape index (κ3) is 2.73. The first-order valence-corrected chi connectivity index (χ1v) is 9.19. The van der Waals surface area contributed by atoms with E-state index in [4.69, 9.17) is 0 Å². The first kappa shape index (κ1) is 16.2. The Labute approximate surface area is 156 Å². The zero-order valence-corrected chi connectivity index (χ0v) is 15.1. The monoisotopic (exact) mass is 361 g/mol. The molecular weight excluding hydrogens is 341 g/mol. The summed E-state index contributed by atoms with van der Waals surface area (Å²) in [5, 5.41) is 5.25. The van der Waals surface area contributed by atoms with Crippen LogP contribution in [0.15, 0.2) is 42.7 Å². The SMILES string of the molecule is Cc1ccc(F)c(-c2ncnc3[nH]c4cc(N5CCNCC5)ccc4c23)c1. The number of anilines is 1. The molecule has 0 radical (unpaired) electrons. The first-order valence-electron chi connectivity index (χ1n) is 9.19. The molecule has 1 fully saturated rings. The molecule has 0 saturated carbocycles. The molecule has 0 aliphatic carbocycles. The molecule has 0 bridgehead atoms. The van der Waals surface area contributed by atoms with Crippen LogP contribution >= 0.6 is 0 Å². The zero-order valence-electron chi connectivity index (χ0n) is 15.1. The number of piperazine rings is 1. The molecule has 0 amide bonds. The Morgan fingerprint density at radius 1 is 1.04 bits per heavy atom. The quantitative estimate of drug-likeness (QED) is 0.572. The molecule has 27 heavy (non-hydrogen) atoms. The number of benzene rings is 2. The van der Waals surface area contributed by atoms with Crippen LogP contribution < -0.4 is 10.2 Å². The van der Waals surface area contributed by atoms with Gasteiger partial charge in [-0.05, 0) is 31.2 Å². The molecule has 2 aromatic carbocycles. The van der Waals surface area contributed by atoms with Gasteiger partial charge in [0, 0.05) is 48.3 Å². The maximum Gasteiger partial charge on any atom is 0.142 e. The summed E-state index contributed by atoms with van der Waals surface area (Å²) in [6, 6.07) is 11.5. The molecule has 3 heterocycles.